The lowest BCUT2D eigenvalue weighted by Gasteiger charge is -2.34. The fraction of sp³-hybridized carbons (Fsp3) is 0.0571. The van der Waals surface area contributed by atoms with Crippen LogP contribution in [-0.4, -0.2) is 4.57 Å². The summed E-state index contributed by atoms with van der Waals surface area (Å²) in [4.78, 5) is 2.41. The van der Waals surface area contributed by atoms with Crippen LogP contribution in [0, 0.1) is 0 Å². The predicted molar refractivity (Wildman–Crippen MR) is 301 cm³/mol. The molecule has 2 nitrogen and oxygen atoms in total. The number of hydrogen-bond acceptors (Lipinski definition) is 1. The average molecular weight is 919 g/mol. The Morgan fingerprint density at radius 1 is 0.306 bits per heavy atom. The van der Waals surface area contributed by atoms with E-state index < -0.39 is 5.41 Å². The van der Waals surface area contributed by atoms with Gasteiger partial charge in [-0.3, -0.25) is 0 Å². The number of rotatable bonds is 8. The molecular weight excluding hydrogens is 869 g/mol. The van der Waals surface area contributed by atoms with Gasteiger partial charge in [0.1, 0.15) is 0 Å². The molecule has 0 radical (unpaired) electrons. The first kappa shape index (κ1) is 41.9. The molecule has 2 aliphatic rings. The smallest absolute Gasteiger partial charge is 0.0713 e. The van der Waals surface area contributed by atoms with Crippen molar-refractivity contribution in [3.05, 3.63) is 300 Å². The lowest BCUT2D eigenvalue weighted by atomic mass is 9.67. The highest BCUT2D eigenvalue weighted by Gasteiger charge is 2.46. The van der Waals surface area contributed by atoms with Gasteiger partial charge in [-0.1, -0.05) is 208 Å². The van der Waals surface area contributed by atoms with E-state index in [9.17, 15) is 0 Å². The highest BCUT2D eigenvalue weighted by molar-refractivity contribution is 6.11. The van der Waals surface area contributed by atoms with Crippen molar-refractivity contribution in [1.29, 1.82) is 0 Å². The molecule has 0 fully saturated rings. The van der Waals surface area contributed by atoms with Crippen LogP contribution in [0.5, 0.6) is 0 Å². The number of nitrogens with zero attached hydrogens (tertiary/aromatic N) is 2. The van der Waals surface area contributed by atoms with Crippen LogP contribution in [0.3, 0.4) is 0 Å². The Morgan fingerprint density at radius 2 is 0.750 bits per heavy atom. The van der Waals surface area contributed by atoms with Crippen molar-refractivity contribution in [2.75, 3.05) is 4.90 Å². The molecule has 0 amide bonds. The zero-order valence-electron chi connectivity index (χ0n) is 40.3. The standard InChI is InChI=1S/C70H50N2/c1-69(2)63-27-15-12-26-59(63)60-46-56(40-41-64(60)69)71(54-36-30-48(31-37-54)47-18-6-3-7-19-47)55-38-32-49(33-39-55)50-34-42-67-61(44-50)62-45-52(35-43-68(62)72(67)53-22-10-5-11-23-53)70(51-20-8-4-9-21-51)65-28-16-13-24-57(65)58-25-14-17-29-66(58)70/h3-46H,1-2H3. The van der Waals surface area contributed by atoms with Crippen LogP contribution in [0.25, 0.3) is 72.0 Å². The number of benzene rings is 11. The molecule has 0 saturated carbocycles. The second-order valence-corrected chi connectivity index (χ2v) is 20.0. The van der Waals surface area contributed by atoms with Crippen molar-refractivity contribution in [2.45, 2.75) is 24.7 Å². The first-order valence-electron chi connectivity index (χ1n) is 25.2. The van der Waals surface area contributed by atoms with E-state index in [4.69, 9.17) is 0 Å². The van der Waals surface area contributed by atoms with E-state index >= 15 is 0 Å². The molecule has 14 rings (SSSR count). The summed E-state index contributed by atoms with van der Waals surface area (Å²) >= 11 is 0. The van der Waals surface area contributed by atoms with Gasteiger partial charge in [0, 0.05) is 38.9 Å². The van der Waals surface area contributed by atoms with Gasteiger partial charge in [0.25, 0.3) is 0 Å². The van der Waals surface area contributed by atoms with E-state index in [1.807, 2.05) is 0 Å². The Hall–Kier alpha value is -8.98. The molecule has 0 atom stereocenters. The summed E-state index contributed by atoms with van der Waals surface area (Å²) in [7, 11) is 0. The molecular formula is C70H50N2. The number of aromatic nitrogens is 1. The maximum Gasteiger partial charge on any atom is 0.0713 e. The van der Waals surface area contributed by atoms with Crippen LogP contribution in [0.1, 0.15) is 47.2 Å². The molecule has 2 aliphatic carbocycles. The lowest BCUT2D eigenvalue weighted by molar-refractivity contribution is 0.660. The van der Waals surface area contributed by atoms with Gasteiger partial charge < -0.3 is 9.47 Å². The summed E-state index contributed by atoms with van der Waals surface area (Å²) in [6.45, 7) is 4.70. The Balaban J connectivity index is 0.921. The second kappa shape index (κ2) is 16.3. The zero-order chi connectivity index (χ0) is 48.0. The highest BCUT2D eigenvalue weighted by atomic mass is 15.1. The molecule has 1 aromatic heterocycles. The van der Waals surface area contributed by atoms with E-state index in [0.29, 0.717) is 0 Å². The van der Waals surface area contributed by atoms with Crippen molar-refractivity contribution in [1.82, 2.24) is 4.57 Å². The maximum absolute atomic E-state index is 2.49. The highest BCUT2D eigenvalue weighted by Crippen LogP contribution is 2.57. The first-order valence-corrected chi connectivity index (χ1v) is 25.2. The molecule has 0 saturated heterocycles. The minimum Gasteiger partial charge on any atom is -0.310 e. The fourth-order valence-electron chi connectivity index (χ4n) is 12.5. The zero-order valence-corrected chi connectivity index (χ0v) is 40.3. The summed E-state index contributed by atoms with van der Waals surface area (Å²) < 4.78 is 2.43. The average Bonchev–Trinajstić information content (AvgIpc) is 4.03. The monoisotopic (exact) mass is 918 g/mol. The number of fused-ring (bicyclic) bond motifs is 9. The van der Waals surface area contributed by atoms with Crippen LogP contribution in [0.4, 0.5) is 17.1 Å². The molecule has 0 spiro atoms. The minimum absolute atomic E-state index is 0.0684. The third kappa shape index (κ3) is 6.28. The second-order valence-electron chi connectivity index (χ2n) is 20.0. The van der Waals surface area contributed by atoms with Crippen molar-refractivity contribution in [2.24, 2.45) is 0 Å². The Bertz CT molecular complexity index is 3990. The van der Waals surface area contributed by atoms with Crippen LogP contribution in [0.15, 0.2) is 267 Å². The Morgan fingerprint density at radius 3 is 1.38 bits per heavy atom. The van der Waals surface area contributed by atoms with Gasteiger partial charge in [-0.2, -0.15) is 0 Å². The number of para-hydroxylation sites is 1. The normalized spacial score (nSPS) is 13.6. The summed E-state index contributed by atoms with van der Waals surface area (Å²) in [5, 5.41) is 2.45. The molecule has 0 N–H and O–H groups in total. The van der Waals surface area contributed by atoms with E-state index in [1.54, 1.807) is 0 Å². The third-order valence-electron chi connectivity index (χ3n) is 15.9. The summed E-state index contributed by atoms with van der Waals surface area (Å²) in [5.74, 6) is 0. The summed E-state index contributed by atoms with van der Waals surface area (Å²) in [6.07, 6.45) is 0. The van der Waals surface area contributed by atoms with E-state index in [-0.39, 0.29) is 5.41 Å². The Kier molecular flexibility index (Phi) is 9.50. The molecule has 1 heterocycles. The first-order chi connectivity index (χ1) is 35.5. The molecule has 72 heavy (non-hydrogen) atoms. The number of hydrogen-bond donors (Lipinski definition) is 0. The molecule has 0 aliphatic heterocycles. The largest absolute Gasteiger partial charge is 0.310 e. The van der Waals surface area contributed by atoms with Gasteiger partial charge in [0.15, 0.2) is 0 Å². The van der Waals surface area contributed by atoms with E-state index in [0.717, 1.165) is 22.7 Å². The van der Waals surface area contributed by atoms with Crippen molar-refractivity contribution < 1.29 is 0 Å². The lowest BCUT2D eigenvalue weighted by Crippen LogP contribution is -2.28. The van der Waals surface area contributed by atoms with E-state index in [2.05, 4.69) is 290 Å². The van der Waals surface area contributed by atoms with Crippen molar-refractivity contribution in [3.63, 3.8) is 0 Å². The molecule has 11 aromatic carbocycles. The van der Waals surface area contributed by atoms with Crippen molar-refractivity contribution in [3.8, 4) is 50.2 Å². The topological polar surface area (TPSA) is 8.17 Å². The SMILES string of the molecule is CC1(C)c2ccccc2-c2cc(N(c3ccc(-c4ccccc4)cc3)c3ccc(-c4ccc5c(c4)c4cc(C6(c7ccccc7)c7ccccc7-c7ccccc76)ccc4n5-c4ccccc4)cc3)ccc21. The van der Waals surface area contributed by atoms with Gasteiger partial charge in [0.05, 0.1) is 16.4 Å². The minimum atomic E-state index is -0.497. The molecule has 0 bridgehead atoms. The quantitative estimate of drug-likeness (QED) is 0.147. The summed E-state index contributed by atoms with van der Waals surface area (Å²) in [6, 6.07) is 99.0. The van der Waals surface area contributed by atoms with Crippen molar-refractivity contribution >= 4 is 38.9 Å². The predicted octanol–water partition coefficient (Wildman–Crippen LogP) is 18.3. The van der Waals surface area contributed by atoms with Gasteiger partial charge in [0.2, 0.25) is 0 Å². The van der Waals surface area contributed by atoms with Crippen LogP contribution in [-0.2, 0) is 10.8 Å². The van der Waals surface area contributed by atoms with Gasteiger partial charge in [-0.25, -0.2) is 0 Å². The van der Waals surface area contributed by atoms with Crippen LogP contribution >= 0.6 is 0 Å². The van der Waals surface area contributed by atoms with Gasteiger partial charge in [-0.15, -0.1) is 0 Å². The van der Waals surface area contributed by atoms with Crippen LogP contribution in [0.2, 0.25) is 0 Å². The van der Waals surface area contributed by atoms with Gasteiger partial charge in [-0.05, 0) is 151 Å². The number of anilines is 3. The fourth-order valence-corrected chi connectivity index (χ4v) is 12.5. The maximum atomic E-state index is 2.49. The Labute approximate surface area is 421 Å². The summed E-state index contributed by atoms with van der Waals surface area (Å²) in [5.41, 5.74) is 24.2. The molecule has 340 valence electrons. The molecule has 2 heteroatoms. The molecule has 12 aromatic rings. The molecule has 0 unspecified atom stereocenters. The third-order valence-corrected chi connectivity index (χ3v) is 15.9. The van der Waals surface area contributed by atoms with Gasteiger partial charge >= 0.3 is 0 Å². The van der Waals surface area contributed by atoms with E-state index in [1.165, 1.54) is 99.7 Å². The van der Waals surface area contributed by atoms with Crippen LogP contribution < -0.4 is 4.90 Å².